The van der Waals surface area contributed by atoms with Gasteiger partial charge in [0.15, 0.2) is 0 Å². The van der Waals surface area contributed by atoms with Gasteiger partial charge in [-0.25, -0.2) is 0 Å². The zero-order valence-corrected chi connectivity index (χ0v) is 13.6. The number of nitrogens with zero attached hydrogens (tertiary/aromatic N) is 1. The lowest BCUT2D eigenvalue weighted by Gasteiger charge is -2.35. The highest BCUT2D eigenvalue weighted by Gasteiger charge is 2.38. The van der Waals surface area contributed by atoms with Crippen LogP contribution in [0.25, 0.3) is 0 Å². The van der Waals surface area contributed by atoms with Gasteiger partial charge in [0.25, 0.3) is 0 Å². The zero-order chi connectivity index (χ0) is 13.9. The van der Waals surface area contributed by atoms with Gasteiger partial charge >= 0.3 is 0 Å². The first-order valence-corrected chi connectivity index (χ1v) is 8.38. The third kappa shape index (κ3) is 3.95. The summed E-state index contributed by atoms with van der Waals surface area (Å²) in [7, 11) is 0. The van der Waals surface area contributed by atoms with Crippen LogP contribution in [-0.2, 0) is 0 Å². The molecule has 2 nitrogen and oxygen atoms in total. The summed E-state index contributed by atoms with van der Waals surface area (Å²) in [5, 5.41) is 3.62. The molecule has 19 heavy (non-hydrogen) atoms. The van der Waals surface area contributed by atoms with Crippen LogP contribution in [0, 0.1) is 16.7 Å². The first-order chi connectivity index (χ1) is 8.95. The molecular formula is C17H34N2. The summed E-state index contributed by atoms with van der Waals surface area (Å²) in [5.41, 5.74) is 1.07. The number of nitrogens with one attached hydrogen (secondary N) is 1. The maximum absolute atomic E-state index is 3.62. The summed E-state index contributed by atoms with van der Waals surface area (Å²) >= 11 is 0. The van der Waals surface area contributed by atoms with Crippen molar-refractivity contribution in [2.45, 2.75) is 59.8 Å². The average Bonchev–Trinajstić information content (AvgIpc) is 2.96. The Morgan fingerprint density at radius 3 is 2.42 bits per heavy atom. The number of hydrogen-bond acceptors (Lipinski definition) is 2. The molecule has 0 spiro atoms. The van der Waals surface area contributed by atoms with Crippen molar-refractivity contribution in [1.82, 2.24) is 10.2 Å². The van der Waals surface area contributed by atoms with E-state index in [1.165, 1.54) is 58.3 Å². The minimum Gasteiger partial charge on any atom is -0.316 e. The third-order valence-electron chi connectivity index (χ3n) is 5.47. The molecule has 1 unspecified atom stereocenters. The highest BCUT2D eigenvalue weighted by atomic mass is 15.2. The van der Waals surface area contributed by atoms with Gasteiger partial charge in [0.05, 0.1) is 0 Å². The Morgan fingerprint density at radius 2 is 1.89 bits per heavy atom. The van der Waals surface area contributed by atoms with E-state index in [4.69, 9.17) is 0 Å². The van der Waals surface area contributed by atoms with Gasteiger partial charge in [0.2, 0.25) is 0 Å². The fourth-order valence-corrected chi connectivity index (χ4v) is 4.06. The molecule has 1 heterocycles. The lowest BCUT2D eigenvalue weighted by atomic mass is 9.80. The van der Waals surface area contributed by atoms with E-state index in [0.29, 0.717) is 10.8 Å². The molecule has 2 rings (SSSR count). The van der Waals surface area contributed by atoms with E-state index < -0.39 is 0 Å². The Hall–Kier alpha value is -0.0800. The van der Waals surface area contributed by atoms with Gasteiger partial charge in [-0.1, -0.05) is 40.5 Å². The van der Waals surface area contributed by atoms with Crippen LogP contribution in [0.1, 0.15) is 59.8 Å². The smallest absolute Gasteiger partial charge is 0.00503 e. The molecule has 0 aromatic carbocycles. The summed E-state index contributed by atoms with van der Waals surface area (Å²) in [4.78, 5) is 2.76. The van der Waals surface area contributed by atoms with E-state index in [9.17, 15) is 0 Å². The molecule has 1 saturated carbocycles. The molecule has 0 bridgehead atoms. The van der Waals surface area contributed by atoms with Crippen LogP contribution in [0.2, 0.25) is 0 Å². The van der Waals surface area contributed by atoms with Gasteiger partial charge in [-0.15, -0.1) is 0 Å². The molecule has 2 aliphatic rings. The van der Waals surface area contributed by atoms with Gasteiger partial charge in [-0.3, -0.25) is 0 Å². The Morgan fingerprint density at radius 1 is 1.21 bits per heavy atom. The molecule has 2 fully saturated rings. The molecule has 0 radical (unpaired) electrons. The van der Waals surface area contributed by atoms with Crippen molar-refractivity contribution >= 4 is 0 Å². The molecule has 1 saturated heterocycles. The van der Waals surface area contributed by atoms with Crippen LogP contribution in [0.15, 0.2) is 0 Å². The van der Waals surface area contributed by atoms with E-state index in [-0.39, 0.29) is 0 Å². The average molecular weight is 266 g/mol. The van der Waals surface area contributed by atoms with Gasteiger partial charge < -0.3 is 10.2 Å². The molecule has 0 aromatic heterocycles. The van der Waals surface area contributed by atoms with Gasteiger partial charge in [-0.2, -0.15) is 0 Å². The normalized spacial score (nSPS) is 28.1. The van der Waals surface area contributed by atoms with E-state index >= 15 is 0 Å². The predicted octanol–water partition coefficient (Wildman–Crippen LogP) is 3.52. The monoisotopic (exact) mass is 266 g/mol. The lowest BCUT2D eigenvalue weighted by Crippen LogP contribution is -2.42. The van der Waals surface area contributed by atoms with Crippen LogP contribution in [-0.4, -0.2) is 37.6 Å². The summed E-state index contributed by atoms with van der Waals surface area (Å²) in [6.45, 7) is 15.8. The predicted molar refractivity (Wildman–Crippen MR) is 83.4 cm³/mol. The highest BCUT2D eigenvalue weighted by molar-refractivity contribution is 4.92. The molecular weight excluding hydrogens is 232 g/mol. The topological polar surface area (TPSA) is 15.3 Å². The second-order valence-electron chi connectivity index (χ2n) is 8.07. The van der Waals surface area contributed by atoms with Crippen molar-refractivity contribution in [3.05, 3.63) is 0 Å². The quantitative estimate of drug-likeness (QED) is 0.819. The second kappa shape index (κ2) is 6.13. The van der Waals surface area contributed by atoms with Crippen molar-refractivity contribution in [3.63, 3.8) is 0 Å². The summed E-state index contributed by atoms with van der Waals surface area (Å²) < 4.78 is 0. The van der Waals surface area contributed by atoms with E-state index in [1.54, 1.807) is 0 Å². The number of rotatable bonds is 5. The highest BCUT2D eigenvalue weighted by Crippen LogP contribution is 2.41. The Kier molecular flexibility index (Phi) is 4.94. The first kappa shape index (κ1) is 15.3. The Balaban J connectivity index is 1.89. The minimum absolute atomic E-state index is 0.485. The van der Waals surface area contributed by atoms with E-state index in [1.807, 2.05) is 0 Å². The lowest BCUT2D eigenvalue weighted by molar-refractivity contribution is 0.155. The van der Waals surface area contributed by atoms with Crippen LogP contribution < -0.4 is 5.32 Å². The SMILES string of the molecule is CCNCC1(CN2CCC(C(C)(C)C)C2)CCCC1. The molecule has 0 amide bonds. The van der Waals surface area contributed by atoms with Crippen molar-refractivity contribution in [2.75, 3.05) is 32.7 Å². The molecule has 1 atom stereocenters. The van der Waals surface area contributed by atoms with E-state index in [2.05, 4.69) is 37.9 Å². The molecule has 1 N–H and O–H groups in total. The summed E-state index contributed by atoms with van der Waals surface area (Å²) in [6.07, 6.45) is 7.18. The maximum atomic E-state index is 3.62. The van der Waals surface area contributed by atoms with Gasteiger partial charge in [0, 0.05) is 19.6 Å². The molecule has 112 valence electrons. The fraction of sp³-hybridized carbons (Fsp3) is 1.00. The van der Waals surface area contributed by atoms with Gasteiger partial charge in [0.1, 0.15) is 0 Å². The van der Waals surface area contributed by atoms with E-state index in [0.717, 1.165) is 12.5 Å². The van der Waals surface area contributed by atoms with Crippen LogP contribution in [0.5, 0.6) is 0 Å². The summed E-state index contributed by atoms with van der Waals surface area (Å²) in [6, 6.07) is 0. The minimum atomic E-state index is 0.485. The Labute approximate surface area is 120 Å². The number of likely N-dealkylation sites (tertiary alicyclic amines) is 1. The largest absolute Gasteiger partial charge is 0.316 e. The van der Waals surface area contributed by atoms with Crippen LogP contribution in [0.3, 0.4) is 0 Å². The fourth-order valence-electron chi connectivity index (χ4n) is 4.06. The summed E-state index contributed by atoms with van der Waals surface area (Å²) in [5.74, 6) is 0.894. The molecule has 1 aliphatic heterocycles. The van der Waals surface area contributed by atoms with Crippen LogP contribution >= 0.6 is 0 Å². The first-order valence-electron chi connectivity index (χ1n) is 8.38. The standard InChI is InChI=1S/C17H34N2/c1-5-18-13-17(9-6-7-10-17)14-19-11-8-15(12-19)16(2,3)4/h15,18H,5-14H2,1-4H3. The van der Waals surface area contributed by atoms with Crippen molar-refractivity contribution in [2.24, 2.45) is 16.7 Å². The van der Waals surface area contributed by atoms with Crippen molar-refractivity contribution in [1.29, 1.82) is 0 Å². The third-order valence-corrected chi connectivity index (χ3v) is 5.47. The Bertz CT molecular complexity index is 273. The van der Waals surface area contributed by atoms with Crippen molar-refractivity contribution in [3.8, 4) is 0 Å². The van der Waals surface area contributed by atoms with Crippen LogP contribution in [0.4, 0.5) is 0 Å². The maximum Gasteiger partial charge on any atom is 0.00503 e. The molecule has 1 aliphatic carbocycles. The van der Waals surface area contributed by atoms with Crippen molar-refractivity contribution < 1.29 is 0 Å². The molecule has 0 aromatic rings. The van der Waals surface area contributed by atoms with Gasteiger partial charge in [-0.05, 0) is 49.1 Å². The second-order valence-corrected chi connectivity index (χ2v) is 8.07. The zero-order valence-electron chi connectivity index (χ0n) is 13.6. The molecule has 2 heteroatoms. The number of hydrogen-bond donors (Lipinski definition) is 1.